The van der Waals surface area contributed by atoms with E-state index < -0.39 is 37.3 Å². The molecule has 1 saturated carbocycles. The Bertz CT molecular complexity index is 755. The van der Waals surface area contributed by atoms with Crippen molar-refractivity contribution in [2.45, 2.75) is 55.9 Å². The van der Waals surface area contributed by atoms with Gasteiger partial charge in [0.25, 0.3) is 0 Å². The largest absolute Gasteiger partial charge is 0.394 e. The van der Waals surface area contributed by atoms with E-state index in [1.54, 1.807) is 0 Å². The molecule has 1 aliphatic carbocycles. The van der Waals surface area contributed by atoms with E-state index in [2.05, 4.69) is 20.3 Å². The van der Waals surface area contributed by atoms with E-state index in [0.29, 0.717) is 17.0 Å². The van der Waals surface area contributed by atoms with Crippen LogP contribution in [0.5, 0.6) is 0 Å². The molecule has 5 N–H and O–H groups in total. The van der Waals surface area contributed by atoms with E-state index in [4.69, 9.17) is 4.74 Å². The minimum Gasteiger partial charge on any atom is -0.394 e. The summed E-state index contributed by atoms with van der Waals surface area (Å²) in [6, 6.07) is -0.0860. The molecule has 4 rings (SSSR count). The van der Waals surface area contributed by atoms with Gasteiger partial charge in [-0.25, -0.2) is 15.0 Å². The molecule has 3 heterocycles. The fourth-order valence-electron chi connectivity index (χ4n) is 3.54. The number of anilines is 1. The molecule has 1 saturated heterocycles. The van der Waals surface area contributed by atoms with Gasteiger partial charge in [0, 0.05) is 0 Å². The zero-order valence-corrected chi connectivity index (χ0v) is 13.4. The topological polar surface area (TPSA) is 146 Å². The summed E-state index contributed by atoms with van der Waals surface area (Å²) >= 11 is 0. The fraction of sp³-hybridized carbons (Fsp3) is 0.667. The Balaban J connectivity index is 1.65. The molecule has 10 heteroatoms. The predicted molar refractivity (Wildman–Crippen MR) is 85.6 cm³/mol. The van der Waals surface area contributed by atoms with Crippen molar-refractivity contribution in [3.05, 3.63) is 12.7 Å². The van der Waals surface area contributed by atoms with E-state index in [1.807, 2.05) is 0 Å². The molecule has 2 aliphatic rings. The smallest absolute Gasteiger partial charge is 0.167 e. The summed E-state index contributed by atoms with van der Waals surface area (Å²) in [7, 11) is 0. The second kappa shape index (κ2) is 6.46. The molecule has 0 aromatic carbocycles. The third-order valence-corrected chi connectivity index (χ3v) is 4.95. The monoisotopic (exact) mass is 351 g/mol. The van der Waals surface area contributed by atoms with Crippen molar-refractivity contribution in [1.82, 2.24) is 19.5 Å². The zero-order valence-electron chi connectivity index (χ0n) is 13.4. The van der Waals surface area contributed by atoms with Gasteiger partial charge in [-0.3, -0.25) is 4.57 Å². The first-order valence-electron chi connectivity index (χ1n) is 8.34. The number of fused-ring (bicyclic) bond motifs is 1. The lowest BCUT2D eigenvalue weighted by atomic mass is 10.1. The first-order chi connectivity index (χ1) is 12.1. The number of nitrogens with one attached hydrogen (secondary N) is 1. The number of ether oxygens (including phenoxy) is 1. The normalized spacial score (nSPS) is 35.5. The quantitative estimate of drug-likeness (QED) is 0.456. The average Bonchev–Trinajstić information content (AvgIpc) is 3.29. The molecule has 25 heavy (non-hydrogen) atoms. The highest BCUT2D eigenvalue weighted by Gasteiger charge is 2.44. The van der Waals surface area contributed by atoms with Crippen LogP contribution in [0.4, 0.5) is 5.82 Å². The molecule has 0 radical (unpaired) electrons. The molecule has 1 aliphatic heterocycles. The lowest BCUT2D eigenvalue weighted by Gasteiger charge is -2.18. The average molecular weight is 351 g/mol. The Morgan fingerprint density at radius 1 is 1.16 bits per heavy atom. The highest BCUT2D eigenvalue weighted by atomic mass is 16.6. The van der Waals surface area contributed by atoms with Gasteiger partial charge in [-0.15, -0.1) is 0 Å². The number of nitrogens with zero attached hydrogens (tertiary/aromatic N) is 4. The number of aliphatic hydroxyl groups excluding tert-OH is 4. The first-order valence-corrected chi connectivity index (χ1v) is 8.34. The van der Waals surface area contributed by atoms with Gasteiger partial charge in [0.2, 0.25) is 0 Å². The standard InChI is InChI=1S/C15H21N5O5/c21-4-9-11(23)12(24)15(25-9)20-6-18-10-13(16-5-17-14(10)20)19-7-2-1-3-8(7)22/h5-9,11-12,15,21-24H,1-4H2,(H,16,17,19)/t7-,8-,9+,11+,12+,15+/m0/s1. The van der Waals surface area contributed by atoms with Gasteiger partial charge in [0.15, 0.2) is 23.2 Å². The predicted octanol–water partition coefficient (Wildman–Crippen LogP) is -1.24. The highest BCUT2D eigenvalue weighted by molar-refractivity contribution is 5.82. The van der Waals surface area contributed by atoms with Crippen molar-refractivity contribution in [2.75, 3.05) is 11.9 Å². The van der Waals surface area contributed by atoms with Gasteiger partial charge >= 0.3 is 0 Å². The second-order valence-electron chi connectivity index (χ2n) is 6.52. The van der Waals surface area contributed by atoms with Gasteiger partial charge in [0.05, 0.1) is 25.1 Å². The molecule has 0 amide bonds. The molecule has 0 bridgehead atoms. The maximum Gasteiger partial charge on any atom is 0.167 e. The van der Waals surface area contributed by atoms with Crippen LogP contribution in [0.25, 0.3) is 11.2 Å². The van der Waals surface area contributed by atoms with E-state index in [9.17, 15) is 20.4 Å². The summed E-state index contributed by atoms with van der Waals surface area (Å²) in [5.74, 6) is 0.501. The van der Waals surface area contributed by atoms with Crippen LogP contribution in [-0.4, -0.2) is 77.0 Å². The van der Waals surface area contributed by atoms with Gasteiger partial charge in [-0.1, -0.05) is 0 Å². The number of rotatable bonds is 4. The molecule has 0 unspecified atom stereocenters. The van der Waals surface area contributed by atoms with Crippen LogP contribution >= 0.6 is 0 Å². The van der Waals surface area contributed by atoms with E-state index >= 15 is 0 Å². The molecular weight excluding hydrogens is 330 g/mol. The van der Waals surface area contributed by atoms with Crippen molar-refractivity contribution in [3.8, 4) is 0 Å². The van der Waals surface area contributed by atoms with Crippen molar-refractivity contribution < 1.29 is 25.2 Å². The molecule has 2 aromatic rings. The van der Waals surface area contributed by atoms with Crippen molar-refractivity contribution >= 4 is 17.0 Å². The summed E-state index contributed by atoms with van der Waals surface area (Å²) in [6.07, 6.45) is 0.768. The number of aromatic nitrogens is 4. The Morgan fingerprint density at radius 2 is 2.00 bits per heavy atom. The molecular formula is C15H21N5O5. The van der Waals surface area contributed by atoms with Gasteiger partial charge in [-0.05, 0) is 19.3 Å². The number of imidazole rings is 1. The molecule has 6 atom stereocenters. The van der Waals surface area contributed by atoms with Crippen LogP contribution in [0.3, 0.4) is 0 Å². The van der Waals surface area contributed by atoms with Crippen LogP contribution in [0, 0.1) is 0 Å². The summed E-state index contributed by atoms with van der Waals surface area (Å²) < 4.78 is 7.04. The Kier molecular flexibility index (Phi) is 4.29. The first kappa shape index (κ1) is 16.6. The Hall–Kier alpha value is -1.85. The lowest BCUT2D eigenvalue weighted by molar-refractivity contribution is -0.0511. The van der Waals surface area contributed by atoms with Gasteiger partial charge in [-0.2, -0.15) is 0 Å². The minimum absolute atomic E-state index is 0.0860. The molecule has 136 valence electrons. The molecule has 0 spiro atoms. The third kappa shape index (κ3) is 2.75. The SMILES string of the molecule is OC[C@H]1O[C@@H](n2cnc3c(N[C@H]4CCC[C@@H]4O)ncnc32)[C@H](O)[C@@H]1O. The van der Waals surface area contributed by atoms with Crippen molar-refractivity contribution in [3.63, 3.8) is 0 Å². The molecule has 2 fully saturated rings. The van der Waals surface area contributed by atoms with Gasteiger partial charge < -0.3 is 30.5 Å². The van der Waals surface area contributed by atoms with Gasteiger partial charge in [0.1, 0.15) is 24.6 Å². The zero-order chi connectivity index (χ0) is 17.6. The van der Waals surface area contributed by atoms with Crippen LogP contribution in [0.15, 0.2) is 12.7 Å². The summed E-state index contributed by atoms with van der Waals surface area (Å²) in [5.41, 5.74) is 0.916. The van der Waals surface area contributed by atoms with Crippen LogP contribution in [0.2, 0.25) is 0 Å². The van der Waals surface area contributed by atoms with E-state index in [1.165, 1.54) is 17.2 Å². The van der Waals surface area contributed by atoms with E-state index in [0.717, 1.165) is 19.3 Å². The highest BCUT2D eigenvalue weighted by Crippen LogP contribution is 2.32. The van der Waals surface area contributed by atoms with Crippen LogP contribution < -0.4 is 5.32 Å². The third-order valence-electron chi connectivity index (χ3n) is 4.95. The Labute approximate surface area is 143 Å². The maximum absolute atomic E-state index is 10.2. The molecule has 2 aromatic heterocycles. The van der Waals surface area contributed by atoms with E-state index in [-0.39, 0.29) is 6.04 Å². The van der Waals surface area contributed by atoms with Crippen molar-refractivity contribution in [2.24, 2.45) is 0 Å². The summed E-state index contributed by atoms with van der Waals surface area (Å²) in [5, 5.41) is 42.6. The lowest BCUT2D eigenvalue weighted by Crippen LogP contribution is -2.33. The Morgan fingerprint density at radius 3 is 2.68 bits per heavy atom. The number of hydrogen-bond acceptors (Lipinski definition) is 9. The van der Waals surface area contributed by atoms with Crippen LogP contribution in [0.1, 0.15) is 25.5 Å². The maximum atomic E-state index is 10.2. The second-order valence-corrected chi connectivity index (χ2v) is 6.52. The number of hydrogen-bond donors (Lipinski definition) is 5. The minimum atomic E-state index is -1.21. The summed E-state index contributed by atoms with van der Waals surface area (Å²) in [4.78, 5) is 12.7. The van der Waals surface area contributed by atoms with Crippen molar-refractivity contribution in [1.29, 1.82) is 0 Å². The summed E-state index contributed by atoms with van der Waals surface area (Å²) in [6.45, 7) is -0.400. The number of aliphatic hydroxyl groups is 4. The molecule has 10 nitrogen and oxygen atoms in total. The fourth-order valence-corrected chi connectivity index (χ4v) is 3.54. The van der Waals surface area contributed by atoms with Crippen LogP contribution in [-0.2, 0) is 4.74 Å².